The van der Waals surface area contributed by atoms with Crippen LogP contribution in [0.3, 0.4) is 0 Å². The molecule has 9 heteroatoms. The van der Waals surface area contributed by atoms with Crippen LogP contribution in [-0.4, -0.2) is 35.8 Å². The van der Waals surface area contributed by atoms with E-state index in [2.05, 4.69) is 20.9 Å². The number of nitrogens with zero attached hydrogens (tertiary/aromatic N) is 3. The molecule has 1 aliphatic heterocycles. The van der Waals surface area contributed by atoms with Gasteiger partial charge in [-0.15, -0.1) is 0 Å². The lowest BCUT2D eigenvalue weighted by molar-refractivity contribution is 0.0998. The van der Waals surface area contributed by atoms with Crippen molar-refractivity contribution in [1.29, 1.82) is 0 Å². The molecule has 30 heavy (non-hydrogen) atoms. The van der Waals surface area contributed by atoms with Gasteiger partial charge in [0.1, 0.15) is 0 Å². The second-order valence-electron chi connectivity index (χ2n) is 7.46. The molecule has 0 N–H and O–H groups in total. The fourth-order valence-electron chi connectivity index (χ4n) is 3.70. The summed E-state index contributed by atoms with van der Waals surface area (Å²) in [5.41, 5.74) is 1.35. The third kappa shape index (κ3) is 4.03. The highest BCUT2D eigenvalue weighted by Crippen LogP contribution is 2.25. The van der Waals surface area contributed by atoms with Crippen molar-refractivity contribution in [2.75, 3.05) is 6.54 Å². The first-order valence-corrected chi connectivity index (χ1v) is 12.8. The lowest BCUT2D eigenvalue weighted by Gasteiger charge is -2.32. The normalized spacial score (nSPS) is 18.8. The predicted molar refractivity (Wildman–Crippen MR) is 122 cm³/mol. The maximum absolute atomic E-state index is 13.0. The number of hydrogen-bond acceptors (Lipinski definition) is 4. The molecule has 1 saturated heterocycles. The van der Waals surface area contributed by atoms with Crippen molar-refractivity contribution >= 4 is 53.4 Å². The number of hydrogen-bond donors (Lipinski definition) is 0. The molecule has 2 aromatic carbocycles. The number of fused-ring (bicyclic) bond motifs is 1. The van der Waals surface area contributed by atoms with Crippen molar-refractivity contribution in [2.24, 2.45) is 12.0 Å². The third-order valence-electron chi connectivity index (χ3n) is 5.42. The summed E-state index contributed by atoms with van der Waals surface area (Å²) >= 11 is 4.89. The molecule has 3 aromatic rings. The summed E-state index contributed by atoms with van der Waals surface area (Å²) in [6.07, 6.45) is 2.80. The Kier molecular flexibility index (Phi) is 5.98. The van der Waals surface area contributed by atoms with Crippen LogP contribution in [0.5, 0.6) is 0 Å². The summed E-state index contributed by atoms with van der Waals surface area (Å²) in [4.78, 5) is 17.7. The van der Waals surface area contributed by atoms with E-state index in [1.54, 1.807) is 4.31 Å². The number of carbonyl (C=O) groups is 1. The molecule has 1 atom stereocenters. The van der Waals surface area contributed by atoms with Gasteiger partial charge in [0.25, 0.3) is 5.91 Å². The highest BCUT2D eigenvalue weighted by Gasteiger charge is 2.30. The molecule has 1 amide bonds. The highest BCUT2D eigenvalue weighted by molar-refractivity contribution is 9.10. The number of rotatable bonds is 3. The fourth-order valence-corrected chi connectivity index (χ4v) is 6.97. The van der Waals surface area contributed by atoms with Crippen LogP contribution in [-0.2, 0) is 17.1 Å². The number of halogens is 1. The van der Waals surface area contributed by atoms with Gasteiger partial charge >= 0.3 is 0 Å². The lowest BCUT2D eigenvalue weighted by Crippen LogP contribution is -2.41. The van der Waals surface area contributed by atoms with Crippen molar-refractivity contribution in [3.05, 3.63) is 57.3 Å². The minimum absolute atomic E-state index is 0.00643. The molecule has 6 nitrogen and oxygen atoms in total. The van der Waals surface area contributed by atoms with Gasteiger partial charge < -0.3 is 4.57 Å². The monoisotopic (exact) mass is 507 g/mol. The maximum Gasteiger partial charge on any atom is 0.279 e. The maximum atomic E-state index is 13.0. The van der Waals surface area contributed by atoms with Crippen molar-refractivity contribution in [3.8, 4) is 0 Å². The van der Waals surface area contributed by atoms with Gasteiger partial charge in [0.2, 0.25) is 10.0 Å². The second kappa shape index (κ2) is 8.37. The predicted octanol–water partition coefficient (Wildman–Crippen LogP) is 4.31. The number of amides is 1. The van der Waals surface area contributed by atoms with Gasteiger partial charge in [0.05, 0.1) is 15.1 Å². The van der Waals surface area contributed by atoms with E-state index in [9.17, 15) is 13.2 Å². The fraction of sp³-hybridized carbons (Fsp3) is 0.333. The van der Waals surface area contributed by atoms with Crippen LogP contribution < -0.4 is 4.80 Å². The smallest absolute Gasteiger partial charge is 0.279 e. The number of carbonyl (C=O) groups excluding carboxylic acids is 1. The van der Waals surface area contributed by atoms with Gasteiger partial charge in [-0.25, -0.2) is 8.42 Å². The minimum Gasteiger partial charge on any atom is -0.319 e. The zero-order chi connectivity index (χ0) is 21.5. The number of piperidine rings is 1. The summed E-state index contributed by atoms with van der Waals surface area (Å²) in [6.45, 7) is 2.48. The van der Waals surface area contributed by atoms with E-state index in [1.165, 1.54) is 35.6 Å². The van der Waals surface area contributed by atoms with Crippen molar-refractivity contribution in [3.63, 3.8) is 0 Å². The molecule has 1 fully saturated rings. The summed E-state index contributed by atoms with van der Waals surface area (Å²) in [5, 5.41) is 0. The molecule has 1 aliphatic rings. The van der Waals surface area contributed by atoms with Crippen LogP contribution in [0.2, 0.25) is 0 Å². The van der Waals surface area contributed by atoms with E-state index in [1.807, 2.05) is 36.7 Å². The number of thiazole rings is 1. The first kappa shape index (κ1) is 21.4. The van der Waals surface area contributed by atoms with Gasteiger partial charge in [-0.05, 0) is 62.2 Å². The molecule has 1 aromatic heterocycles. The number of aryl methyl sites for hydroxylation is 1. The summed E-state index contributed by atoms with van der Waals surface area (Å²) in [6, 6.07) is 12.0. The second-order valence-corrected chi connectivity index (χ2v) is 11.3. The Labute approximate surface area is 188 Å². The molecule has 0 bridgehead atoms. The minimum atomic E-state index is -3.56. The first-order valence-electron chi connectivity index (χ1n) is 9.73. The number of benzene rings is 2. The van der Waals surface area contributed by atoms with Gasteiger partial charge in [0, 0.05) is 29.7 Å². The van der Waals surface area contributed by atoms with Crippen LogP contribution in [0.15, 0.2) is 56.8 Å². The third-order valence-corrected chi connectivity index (χ3v) is 9.03. The first-order chi connectivity index (χ1) is 14.3. The van der Waals surface area contributed by atoms with Crippen molar-refractivity contribution in [2.45, 2.75) is 37.1 Å². The van der Waals surface area contributed by atoms with Crippen molar-refractivity contribution in [1.82, 2.24) is 8.87 Å². The van der Waals surface area contributed by atoms with Crippen LogP contribution >= 0.6 is 27.3 Å². The Balaban J connectivity index is 1.62. The molecule has 158 valence electrons. The molecular weight excluding hydrogens is 486 g/mol. The Morgan fingerprint density at radius 1 is 1.17 bits per heavy atom. The van der Waals surface area contributed by atoms with E-state index >= 15 is 0 Å². The van der Waals surface area contributed by atoms with Crippen molar-refractivity contribution < 1.29 is 13.2 Å². The Bertz CT molecular complexity index is 1280. The average Bonchev–Trinajstić information content (AvgIpc) is 3.02. The van der Waals surface area contributed by atoms with Gasteiger partial charge in [-0.2, -0.15) is 9.30 Å². The molecule has 0 aliphatic carbocycles. The zero-order valence-corrected chi connectivity index (χ0v) is 19.9. The van der Waals surface area contributed by atoms with Gasteiger partial charge in [-0.1, -0.05) is 33.7 Å². The van der Waals surface area contributed by atoms with E-state index < -0.39 is 15.9 Å². The molecule has 1 unspecified atom stereocenters. The molecule has 2 heterocycles. The summed E-state index contributed by atoms with van der Waals surface area (Å²) in [7, 11) is -1.69. The molecule has 0 radical (unpaired) electrons. The summed E-state index contributed by atoms with van der Waals surface area (Å²) < 4.78 is 31.3. The molecule has 4 rings (SSSR count). The Morgan fingerprint density at radius 3 is 2.60 bits per heavy atom. The Morgan fingerprint density at radius 2 is 1.90 bits per heavy atom. The van der Waals surface area contributed by atoms with Gasteiger partial charge in [-0.3, -0.25) is 4.79 Å². The standard InChI is InChI=1S/C21H22BrN3O3S2/c1-14-5-3-4-12-25(14)30(27,28)17-9-6-15(7-10-17)20(26)23-21-24(2)18-11-8-16(22)13-19(18)29-21/h6-11,13-14H,3-5,12H2,1-2H3. The topological polar surface area (TPSA) is 71.7 Å². The Hall–Kier alpha value is -1.81. The molecular formula is C21H22BrN3O3S2. The lowest BCUT2D eigenvalue weighted by atomic mass is 10.1. The summed E-state index contributed by atoms with van der Waals surface area (Å²) in [5.74, 6) is -0.397. The number of sulfonamides is 1. The van der Waals surface area contributed by atoms with E-state index in [0.29, 0.717) is 16.9 Å². The van der Waals surface area contributed by atoms with Crippen LogP contribution in [0.25, 0.3) is 10.2 Å². The van der Waals surface area contributed by atoms with E-state index in [4.69, 9.17) is 0 Å². The van der Waals surface area contributed by atoms with Crippen LogP contribution in [0.4, 0.5) is 0 Å². The van der Waals surface area contributed by atoms with Gasteiger partial charge in [0.15, 0.2) is 4.80 Å². The average molecular weight is 508 g/mol. The van der Waals surface area contributed by atoms with Crippen LogP contribution in [0.1, 0.15) is 36.5 Å². The quantitative estimate of drug-likeness (QED) is 0.530. The largest absolute Gasteiger partial charge is 0.319 e. The highest BCUT2D eigenvalue weighted by atomic mass is 79.9. The molecule has 0 spiro atoms. The van der Waals surface area contributed by atoms with Crippen LogP contribution in [0, 0.1) is 0 Å². The SMILES string of the molecule is CC1CCCCN1S(=O)(=O)c1ccc(C(=O)N=c2sc3cc(Br)ccc3n2C)cc1. The molecule has 0 saturated carbocycles. The van der Waals surface area contributed by atoms with E-state index in [0.717, 1.165) is 34.0 Å². The number of aromatic nitrogens is 1. The van der Waals surface area contributed by atoms with E-state index in [-0.39, 0.29) is 10.9 Å². The zero-order valence-electron chi connectivity index (χ0n) is 16.7.